The van der Waals surface area contributed by atoms with Crippen LogP contribution in [0, 0.1) is 6.57 Å². The quantitative estimate of drug-likeness (QED) is 0.579. The summed E-state index contributed by atoms with van der Waals surface area (Å²) in [6.07, 6.45) is 2.29. The number of halogens is 2. The fraction of sp³-hybridized carbons (Fsp3) is 0.208. The molecule has 1 unspecified atom stereocenters. The number of nitrogens with two attached hydrogens (primary N) is 1. The third-order valence-electron chi connectivity index (χ3n) is 5.84. The Labute approximate surface area is 183 Å². The van der Waals surface area contributed by atoms with Gasteiger partial charge in [0.25, 0.3) is 6.02 Å². The molecule has 0 radical (unpaired) electrons. The molecule has 2 atom stereocenters. The molecule has 2 N–H and O–H groups in total. The molecule has 3 aromatic rings. The maximum absolute atomic E-state index is 15.5. The first kappa shape index (κ1) is 19.9. The van der Waals surface area contributed by atoms with Crippen LogP contribution in [-0.4, -0.2) is 23.5 Å². The zero-order valence-electron chi connectivity index (χ0n) is 16.8. The lowest BCUT2D eigenvalue weighted by atomic mass is 9.75. The molecule has 0 saturated heterocycles. The molecule has 0 aliphatic carbocycles. The molecule has 1 spiro atoms. The van der Waals surface area contributed by atoms with Crippen LogP contribution in [0.4, 0.5) is 14.5 Å². The van der Waals surface area contributed by atoms with Gasteiger partial charge in [-0.1, -0.05) is 36.4 Å². The molecule has 160 valence electrons. The predicted octanol–water partition coefficient (Wildman–Crippen LogP) is 5.00. The van der Waals surface area contributed by atoms with Gasteiger partial charge >= 0.3 is 5.92 Å². The van der Waals surface area contributed by atoms with E-state index in [1.54, 1.807) is 30.5 Å². The SMILES string of the molecule is [C-]#[N+]c1cncc(-c2ccc3c(c2)[C@@]2(CC(c4ccccc4)O3)N=C(N)OCC2(F)F)c1. The average molecular weight is 432 g/mol. The van der Waals surface area contributed by atoms with E-state index in [2.05, 4.69) is 14.8 Å². The molecule has 32 heavy (non-hydrogen) atoms. The summed E-state index contributed by atoms with van der Waals surface area (Å²) in [5, 5.41) is 0. The monoisotopic (exact) mass is 432 g/mol. The van der Waals surface area contributed by atoms with Crippen molar-refractivity contribution in [2.45, 2.75) is 24.0 Å². The van der Waals surface area contributed by atoms with Crippen LogP contribution in [0.2, 0.25) is 0 Å². The zero-order chi connectivity index (χ0) is 22.3. The molecule has 1 aromatic heterocycles. The second-order valence-corrected chi connectivity index (χ2v) is 7.78. The number of pyridine rings is 1. The van der Waals surface area contributed by atoms with Gasteiger partial charge in [-0.3, -0.25) is 4.98 Å². The first-order valence-corrected chi connectivity index (χ1v) is 9.97. The van der Waals surface area contributed by atoms with Crippen LogP contribution in [0.5, 0.6) is 5.75 Å². The largest absolute Gasteiger partial charge is 0.485 e. The molecule has 5 rings (SSSR count). The second-order valence-electron chi connectivity index (χ2n) is 7.78. The van der Waals surface area contributed by atoms with Crippen molar-refractivity contribution in [2.75, 3.05) is 6.61 Å². The molecule has 6 nitrogen and oxygen atoms in total. The fourth-order valence-corrected chi connectivity index (χ4v) is 4.25. The van der Waals surface area contributed by atoms with Crippen LogP contribution in [0.1, 0.15) is 23.7 Å². The number of nitrogens with zero attached hydrogens (tertiary/aromatic N) is 3. The minimum atomic E-state index is -3.32. The normalized spacial score (nSPS) is 23.3. The lowest BCUT2D eigenvalue weighted by Crippen LogP contribution is -2.55. The summed E-state index contributed by atoms with van der Waals surface area (Å²) in [6, 6.07) is 15.6. The molecular formula is C24H18F2N4O2. The van der Waals surface area contributed by atoms with Gasteiger partial charge in [-0.15, -0.1) is 0 Å². The molecule has 0 fully saturated rings. The topological polar surface area (TPSA) is 74.1 Å². The first-order chi connectivity index (χ1) is 15.4. The second kappa shape index (κ2) is 7.31. The highest BCUT2D eigenvalue weighted by Crippen LogP contribution is 2.56. The van der Waals surface area contributed by atoms with E-state index in [4.69, 9.17) is 21.8 Å². The Morgan fingerprint density at radius 1 is 1.06 bits per heavy atom. The number of hydrogen-bond acceptors (Lipinski definition) is 5. The number of ether oxygens (including phenoxy) is 2. The Hall–Kier alpha value is -3.99. The lowest BCUT2D eigenvalue weighted by molar-refractivity contribution is -0.139. The number of rotatable bonds is 2. The molecular weight excluding hydrogens is 414 g/mol. The van der Waals surface area contributed by atoms with E-state index in [1.165, 1.54) is 6.20 Å². The molecule has 0 amide bonds. The Morgan fingerprint density at radius 3 is 2.66 bits per heavy atom. The minimum Gasteiger partial charge on any atom is -0.485 e. The third kappa shape index (κ3) is 3.14. The van der Waals surface area contributed by atoms with Crippen LogP contribution in [0.25, 0.3) is 16.0 Å². The highest BCUT2D eigenvalue weighted by atomic mass is 19.3. The van der Waals surface area contributed by atoms with Crippen molar-refractivity contribution in [3.8, 4) is 16.9 Å². The van der Waals surface area contributed by atoms with Crippen molar-refractivity contribution < 1.29 is 18.3 Å². The minimum absolute atomic E-state index is 0.106. The van der Waals surface area contributed by atoms with Gasteiger partial charge in [0.15, 0.2) is 12.1 Å². The van der Waals surface area contributed by atoms with Gasteiger partial charge in [-0.2, -0.15) is 8.78 Å². The molecule has 8 heteroatoms. The number of benzene rings is 2. The average Bonchev–Trinajstić information content (AvgIpc) is 2.82. The maximum atomic E-state index is 15.5. The van der Waals surface area contributed by atoms with Crippen molar-refractivity contribution in [2.24, 2.45) is 10.7 Å². The summed E-state index contributed by atoms with van der Waals surface area (Å²) in [4.78, 5) is 11.7. The van der Waals surface area contributed by atoms with Gasteiger partial charge in [-0.25, -0.2) is 9.84 Å². The van der Waals surface area contributed by atoms with Gasteiger partial charge in [0, 0.05) is 24.4 Å². The first-order valence-electron chi connectivity index (χ1n) is 9.97. The van der Waals surface area contributed by atoms with Gasteiger partial charge in [0.2, 0.25) is 5.69 Å². The molecule has 2 aliphatic heterocycles. The van der Waals surface area contributed by atoms with Crippen LogP contribution >= 0.6 is 0 Å². The van der Waals surface area contributed by atoms with E-state index in [0.29, 0.717) is 22.6 Å². The number of amidine groups is 1. The van der Waals surface area contributed by atoms with Crippen molar-refractivity contribution in [1.82, 2.24) is 4.98 Å². The number of hydrogen-bond donors (Lipinski definition) is 1. The third-order valence-corrected chi connectivity index (χ3v) is 5.84. The van der Waals surface area contributed by atoms with Crippen LogP contribution < -0.4 is 10.5 Å². The number of alkyl halides is 2. The van der Waals surface area contributed by atoms with Crippen molar-refractivity contribution >= 4 is 11.7 Å². The van der Waals surface area contributed by atoms with Crippen LogP contribution in [0.15, 0.2) is 72.0 Å². The predicted molar refractivity (Wildman–Crippen MR) is 115 cm³/mol. The Bertz CT molecular complexity index is 1260. The Morgan fingerprint density at radius 2 is 1.88 bits per heavy atom. The van der Waals surface area contributed by atoms with Crippen LogP contribution in [0.3, 0.4) is 0 Å². The van der Waals surface area contributed by atoms with E-state index in [0.717, 1.165) is 5.56 Å². The van der Waals surface area contributed by atoms with Gasteiger partial charge in [0.05, 0.1) is 6.57 Å². The van der Waals surface area contributed by atoms with E-state index in [1.807, 2.05) is 30.3 Å². The number of fused-ring (bicyclic) bond motifs is 2. The lowest BCUT2D eigenvalue weighted by Gasteiger charge is -2.45. The maximum Gasteiger partial charge on any atom is 0.310 e. The number of aromatic nitrogens is 1. The van der Waals surface area contributed by atoms with Crippen molar-refractivity contribution in [1.29, 1.82) is 0 Å². The fourth-order valence-electron chi connectivity index (χ4n) is 4.25. The molecule has 3 heterocycles. The smallest absolute Gasteiger partial charge is 0.310 e. The molecule has 2 aromatic carbocycles. The highest BCUT2D eigenvalue weighted by Gasteiger charge is 2.62. The molecule has 0 saturated carbocycles. The number of aliphatic imine (C=N–C) groups is 1. The molecule has 0 bridgehead atoms. The summed E-state index contributed by atoms with van der Waals surface area (Å²) < 4.78 is 42.2. The van der Waals surface area contributed by atoms with E-state index < -0.39 is 24.2 Å². The summed E-state index contributed by atoms with van der Waals surface area (Å²) in [5.41, 5.74) is 6.46. The summed E-state index contributed by atoms with van der Waals surface area (Å²) in [7, 11) is 0. The van der Waals surface area contributed by atoms with E-state index in [9.17, 15) is 0 Å². The van der Waals surface area contributed by atoms with Crippen molar-refractivity contribution in [3.63, 3.8) is 0 Å². The van der Waals surface area contributed by atoms with E-state index in [-0.39, 0.29) is 18.0 Å². The summed E-state index contributed by atoms with van der Waals surface area (Å²) in [5.74, 6) is -3.02. The zero-order valence-corrected chi connectivity index (χ0v) is 16.8. The van der Waals surface area contributed by atoms with E-state index >= 15 is 8.78 Å². The summed E-state index contributed by atoms with van der Waals surface area (Å²) in [6.45, 7) is 6.34. The Balaban J connectivity index is 1.70. The van der Waals surface area contributed by atoms with Crippen molar-refractivity contribution in [3.05, 3.63) is 89.5 Å². The van der Waals surface area contributed by atoms with Gasteiger partial charge in [-0.05, 0) is 34.9 Å². The van der Waals surface area contributed by atoms with Gasteiger partial charge in [0.1, 0.15) is 11.9 Å². The van der Waals surface area contributed by atoms with Crippen LogP contribution in [-0.2, 0) is 10.3 Å². The highest BCUT2D eigenvalue weighted by molar-refractivity contribution is 5.75. The standard InChI is InChI=1S/C24H18F2N4O2/c1-28-18-9-17(12-29-13-18)16-7-8-20-19(10-16)23(24(25,26)14-31-22(27)30-23)11-21(32-20)15-5-3-2-4-6-15/h2-10,12-13,21H,11,14H2,(H2,27,30)/t21?,23-/m1/s1. The Kier molecular flexibility index (Phi) is 4.55. The summed E-state index contributed by atoms with van der Waals surface area (Å²) >= 11 is 0. The molecule has 2 aliphatic rings. The van der Waals surface area contributed by atoms with Gasteiger partial charge < -0.3 is 15.2 Å².